The zero-order chi connectivity index (χ0) is 17.1. The van der Waals surface area contributed by atoms with Crippen molar-refractivity contribution in [2.24, 2.45) is 11.1 Å². The second kappa shape index (κ2) is 6.86. The zero-order valence-electron chi connectivity index (χ0n) is 14.3. The Morgan fingerprint density at radius 2 is 2.04 bits per heavy atom. The van der Waals surface area contributed by atoms with Crippen LogP contribution in [0, 0.1) is 19.8 Å². The second-order valence-electron chi connectivity index (χ2n) is 5.96. The summed E-state index contributed by atoms with van der Waals surface area (Å²) in [7, 11) is 3.04. The van der Waals surface area contributed by atoms with E-state index < -0.39 is 0 Å². The van der Waals surface area contributed by atoms with Crippen LogP contribution < -0.4 is 4.74 Å². The fourth-order valence-corrected chi connectivity index (χ4v) is 3.17. The Balaban J connectivity index is 2.40. The Bertz CT molecular complexity index is 689. The van der Waals surface area contributed by atoms with Gasteiger partial charge in [-0.15, -0.1) is 0 Å². The fourth-order valence-electron chi connectivity index (χ4n) is 3.17. The molecule has 1 aromatic rings. The monoisotopic (exact) mass is 317 g/mol. The molecule has 5 nitrogen and oxygen atoms in total. The number of aliphatic hydroxyl groups excluding tert-OH is 1. The van der Waals surface area contributed by atoms with E-state index in [2.05, 4.69) is 5.16 Å². The first kappa shape index (κ1) is 17.1. The van der Waals surface area contributed by atoms with E-state index in [1.54, 1.807) is 7.11 Å². The van der Waals surface area contributed by atoms with Crippen LogP contribution in [0.15, 0.2) is 23.0 Å². The van der Waals surface area contributed by atoms with Gasteiger partial charge in [0, 0.05) is 17.9 Å². The van der Waals surface area contributed by atoms with Crippen molar-refractivity contribution in [3.8, 4) is 5.75 Å². The quantitative estimate of drug-likeness (QED) is 0.666. The van der Waals surface area contributed by atoms with Crippen LogP contribution >= 0.6 is 0 Å². The highest BCUT2D eigenvalue weighted by atomic mass is 16.6. The minimum atomic E-state index is -0.311. The molecule has 0 bridgehead atoms. The molecule has 1 unspecified atom stereocenters. The first-order chi connectivity index (χ1) is 10.9. The SMILES string of the molecule is CON=C(C)CC1CC(O)=C(c2c(C)cc(C)cc2OC)C1=O. The number of allylic oxidation sites excluding steroid dienone is 2. The van der Waals surface area contributed by atoms with Crippen LogP contribution in [0.3, 0.4) is 0 Å². The molecule has 0 saturated heterocycles. The standard InChI is InChI=1S/C18H23NO4/c1-10-6-11(2)16(15(7-10)22-4)17-14(20)9-13(18(17)21)8-12(3)19-23-5/h6-7,13,20H,8-9H2,1-5H3. The maximum Gasteiger partial charge on any atom is 0.170 e. The van der Waals surface area contributed by atoms with Crippen LogP contribution in [-0.2, 0) is 9.63 Å². The average Bonchev–Trinajstić information content (AvgIpc) is 2.73. The van der Waals surface area contributed by atoms with Crippen molar-refractivity contribution in [1.82, 2.24) is 0 Å². The number of benzene rings is 1. The zero-order valence-corrected chi connectivity index (χ0v) is 14.3. The molecule has 0 amide bonds. The van der Waals surface area contributed by atoms with Gasteiger partial charge in [-0.25, -0.2) is 0 Å². The lowest BCUT2D eigenvalue weighted by Gasteiger charge is -2.14. The molecule has 0 saturated carbocycles. The number of carbonyl (C=O) groups excluding carboxylic acids is 1. The van der Waals surface area contributed by atoms with Gasteiger partial charge in [-0.05, 0) is 44.4 Å². The van der Waals surface area contributed by atoms with E-state index in [0.29, 0.717) is 29.7 Å². The molecule has 0 fully saturated rings. The lowest BCUT2D eigenvalue weighted by Crippen LogP contribution is -2.14. The Morgan fingerprint density at radius 1 is 1.35 bits per heavy atom. The smallest absolute Gasteiger partial charge is 0.170 e. The molecule has 5 heteroatoms. The van der Waals surface area contributed by atoms with Crippen molar-refractivity contribution in [3.63, 3.8) is 0 Å². The van der Waals surface area contributed by atoms with Crippen molar-refractivity contribution >= 4 is 17.1 Å². The predicted molar refractivity (Wildman–Crippen MR) is 89.9 cm³/mol. The van der Waals surface area contributed by atoms with E-state index in [4.69, 9.17) is 9.57 Å². The van der Waals surface area contributed by atoms with Crippen molar-refractivity contribution < 1.29 is 19.5 Å². The first-order valence-corrected chi connectivity index (χ1v) is 7.57. The Morgan fingerprint density at radius 3 is 2.65 bits per heavy atom. The average molecular weight is 317 g/mol. The van der Waals surface area contributed by atoms with Gasteiger partial charge >= 0.3 is 0 Å². The number of ether oxygens (including phenoxy) is 1. The predicted octanol–water partition coefficient (Wildman–Crippen LogP) is 3.58. The third-order valence-corrected chi connectivity index (χ3v) is 4.05. The van der Waals surface area contributed by atoms with Crippen molar-refractivity contribution in [2.75, 3.05) is 14.2 Å². The van der Waals surface area contributed by atoms with Gasteiger partial charge in [0.25, 0.3) is 0 Å². The fraction of sp³-hybridized carbons (Fsp3) is 0.444. The number of oxime groups is 1. The molecule has 124 valence electrons. The number of ketones is 1. The molecular formula is C18H23NO4. The summed E-state index contributed by atoms with van der Waals surface area (Å²) in [4.78, 5) is 17.5. The number of hydrogen-bond acceptors (Lipinski definition) is 5. The van der Waals surface area contributed by atoms with E-state index in [0.717, 1.165) is 16.8 Å². The Hall–Kier alpha value is -2.30. The van der Waals surface area contributed by atoms with E-state index >= 15 is 0 Å². The molecule has 0 radical (unpaired) electrons. The highest BCUT2D eigenvalue weighted by molar-refractivity contribution is 6.26. The highest BCUT2D eigenvalue weighted by Gasteiger charge is 2.36. The highest BCUT2D eigenvalue weighted by Crippen LogP contribution is 2.41. The number of carbonyl (C=O) groups is 1. The molecule has 1 atom stereocenters. The molecular weight excluding hydrogens is 294 g/mol. The molecule has 1 N–H and O–H groups in total. The Kier molecular flexibility index (Phi) is 5.08. The van der Waals surface area contributed by atoms with Gasteiger partial charge in [0.15, 0.2) is 5.78 Å². The topological polar surface area (TPSA) is 68.1 Å². The van der Waals surface area contributed by atoms with Crippen LogP contribution in [0.5, 0.6) is 5.75 Å². The lowest BCUT2D eigenvalue weighted by atomic mass is 9.92. The van der Waals surface area contributed by atoms with Gasteiger partial charge < -0.3 is 14.7 Å². The summed E-state index contributed by atoms with van der Waals surface area (Å²) >= 11 is 0. The summed E-state index contributed by atoms with van der Waals surface area (Å²) in [5, 5.41) is 14.2. The molecule has 23 heavy (non-hydrogen) atoms. The van der Waals surface area contributed by atoms with Crippen LogP contribution in [0.1, 0.15) is 36.5 Å². The number of nitrogens with zero attached hydrogens (tertiary/aromatic N) is 1. The molecule has 1 aliphatic rings. The van der Waals surface area contributed by atoms with Crippen LogP contribution in [0.4, 0.5) is 0 Å². The molecule has 2 rings (SSSR count). The molecule has 0 aromatic heterocycles. The molecule has 1 aliphatic carbocycles. The number of aliphatic hydroxyl groups is 1. The third-order valence-electron chi connectivity index (χ3n) is 4.05. The molecule has 0 aliphatic heterocycles. The normalized spacial score (nSPS) is 18.6. The third kappa shape index (κ3) is 3.38. The number of rotatable bonds is 5. The van der Waals surface area contributed by atoms with Crippen LogP contribution in [-0.4, -0.2) is 30.8 Å². The lowest BCUT2D eigenvalue weighted by molar-refractivity contribution is -0.116. The molecule has 1 aromatic carbocycles. The summed E-state index contributed by atoms with van der Waals surface area (Å²) in [5.74, 6) is 0.350. The maximum atomic E-state index is 12.8. The summed E-state index contributed by atoms with van der Waals surface area (Å²) < 4.78 is 5.43. The van der Waals surface area contributed by atoms with E-state index in [1.807, 2.05) is 32.9 Å². The maximum absolute atomic E-state index is 12.8. The van der Waals surface area contributed by atoms with Crippen LogP contribution in [0.2, 0.25) is 0 Å². The number of aryl methyl sites for hydroxylation is 2. The number of hydrogen-bond donors (Lipinski definition) is 1. The number of methoxy groups -OCH3 is 1. The summed E-state index contributed by atoms with van der Waals surface area (Å²) in [6.45, 7) is 5.70. The van der Waals surface area contributed by atoms with E-state index in [9.17, 15) is 9.90 Å². The van der Waals surface area contributed by atoms with Gasteiger partial charge in [-0.3, -0.25) is 4.79 Å². The first-order valence-electron chi connectivity index (χ1n) is 7.57. The van der Waals surface area contributed by atoms with Crippen molar-refractivity contribution in [1.29, 1.82) is 0 Å². The Labute approximate surface area is 136 Å². The van der Waals surface area contributed by atoms with Gasteiger partial charge in [0.05, 0.1) is 18.4 Å². The van der Waals surface area contributed by atoms with Crippen molar-refractivity contribution in [3.05, 3.63) is 34.6 Å². The van der Waals surface area contributed by atoms with Crippen molar-refractivity contribution in [2.45, 2.75) is 33.6 Å². The van der Waals surface area contributed by atoms with E-state index in [-0.39, 0.29) is 17.5 Å². The minimum absolute atomic E-state index is 0.0709. The van der Waals surface area contributed by atoms with Gasteiger partial charge in [-0.2, -0.15) is 0 Å². The van der Waals surface area contributed by atoms with Gasteiger partial charge in [0.2, 0.25) is 0 Å². The molecule has 0 heterocycles. The van der Waals surface area contributed by atoms with E-state index in [1.165, 1.54) is 7.11 Å². The second-order valence-corrected chi connectivity index (χ2v) is 5.96. The largest absolute Gasteiger partial charge is 0.512 e. The summed E-state index contributed by atoms with van der Waals surface area (Å²) in [6.07, 6.45) is 0.786. The van der Waals surface area contributed by atoms with Crippen LogP contribution in [0.25, 0.3) is 5.57 Å². The minimum Gasteiger partial charge on any atom is -0.512 e. The summed E-state index contributed by atoms with van der Waals surface area (Å²) in [5.41, 5.74) is 3.75. The summed E-state index contributed by atoms with van der Waals surface area (Å²) in [6, 6.07) is 3.86. The molecule has 0 spiro atoms. The van der Waals surface area contributed by atoms with Gasteiger partial charge in [0.1, 0.15) is 18.6 Å². The van der Waals surface area contributed by atoms with Gasteiger partial charge in [-0.1, -0.05) is 11.2 Å². The number of Topliss-reactive ketones (excluding diaryl/α,β-unsaturated/α-hetero) is 1.